The molecular formula is C9H6FNO4S. The van der Waals surface area contributed by atoms with E-state index >= 15 is 0 Å². The molecule has 0 aliphatic rings. The third-order valence-electron chi connectivity index (χ3n) is 1.75. The second kappa shape index (κ2) is 4.78. The van der Waals surface area contributed by atoms with Gasteiger partial charge in [-0.1, -0.05) is 0 Å². The Balaban J connectivity index is 2.95. The van der Waals surface area contributed by atoms with Crippen molar-refractivity contribution in [2.24, 2.45) is 4.99 Å². The highest BCUT2D eigenvalue weighted by Crippen LogP contribution is 2.13. The van der Waals surface area contributed by atoms with E-state index in [0.29, 0.717) is 0 Å². The second-order valence-corrected chi connectivity index (χ2v) is 4.14. The van der Waals surface area contributed by atoms with Crippen molar-refractivity contribution in [3.05, 3.63) is 29.8 Å². The van der Waals surface area contributed by atoms with Gasteiger partial charge in [-0.25, -0.2) is 4.79 Å². The van der Waals surface area contributed by atoms with E-state index in [-0.39, 0.29) is 12.1 Å². The van der Waals surface area contributed by atoms with E-state index in [2.05, 4.69) is 4.99 Å². The first-order valence-electron chi connectivity index (χ1n) is 4.06. The Hall–Kier alpha value is -1.85. The fourth-order valence-corrected chi connectivity index (χ4v) is 1.46. The first kappa shape index (κ1) is 12.2. The van der Waals surface area contributed by atoms with E-state index in [1.165, 1.54) is 6.08 Å². The Bertz CT molecular complexity index is 543. The number of hydrogen-bond acceptors (Lipinski definition) is 5. The van der Waals surface area contributed by atoms with Gasteiger partial charge in [0.25, 0.3) is 0 Å². The third-order valence-corrected chi connectivity index (χ3v) is 2.58. The van der Waals surface area contributed by atoms with Crippen LogP contribution in [-0.2, 0) is 15.0 Å². The van der Waals surface area contributed by atoms with Gasteiger partial charge >= 0.3 is 10.2 Å². The summed E-state index contributed by atoms with van der Waals surface area (Å²) in [5, 5.41) is 0. The van der Waals surface area contributed by atoms with Crippen LogP contribution in [0.5, 0.6) is 0 Å². The first-order chi connectivity index (χ1) is 7.45. The second-order valence-electron chi connectivity index (χ2n) is 2.79. The molecule has 84 valence electrons. The van der Waals surface area contributed by atoms with Gasteiger partial charge in [0, 0.05) is 5.56 Å². The summed E-state index contributed by atoms with van der Waals surface area (Å²) in [5.41, 5.74) is 0.145. The van der Waals surface area contributed by atoms with Gasteiger partial charge in [0.2, 0.25) is 6.08 Å². The van der Waals surface area contributed by atoms with Crippen molar-refractivity contribution >= 4 is 22.1 Å². The van der Waals surface area contributed by atoms with E-state index in [4.69, 9.17) is 0 Å². The highest BCUT2D eigenvalue weighted by atomic mass is 32.3. The summed E-state index contributed by atoms with van der Waals surface area (Å²) in [4.78, 5) is 23.5. The Morgan fingerprint density at radius 2 is 1.88 bits per heavy atom. The van der Waals surface area contributed by atoms with Gasteiger partial charge in [0.15, 0.2) is 5.78 Å². The monoisotopic (exact) mass is 243 g/mol. The van der Waals surface area contributed by atoms with Crippen LogP contribution in [0.2, 0.25) is 0 Å². The zero-order valence-electron chi connectivity index (χ0n) is 7.88. The normalized spacial score (nSPS) is 10.6. The van der Waals surface area contributed by atoms with Gasteiger partial charge in [-0.3, -0.25) is 4.79 Å². The van der Waals surface area contributed by atoms with Crippen LogP contribution >= 0.6 is 0 Å². The van der Waals surface area contributed by atoms with E-state index in [0.717, 1.165) is 24.3 Å². The Morgan fingerprint density at radius 1 is 1.31 bits per heavy atom. The number of benzene rings is 1. The molecule has 1 aromatic rings. The molecule has 7 heteroatoms. The summed E-state index contributed by atoms with van der Waals surface area (Å²) in [6, 6.07) is 4.23. The maximum absolute atomic E-state index is 12.5. The first-order valence-corrected chi connectivity index (χ1v) is 5.45. The van der Waals surface area contributed by atoms with E-state index in [1.54, 1.807) is 0 Å². The lowest BCUT2D eigenvalue weighted by atomic mass is 10.1. The molecule has 0 N–H and O–H groups in total. The fraction of sp³-hybridized carbons (Fsp3) is 0.111. The molecule has 0 saturated heterocycles. The number of hydrogen-bond donors (Lipinski definition) is 0. The molecule has 0 aromatic heterocycles. The quantitative estimate of drug-likeness (QED) is 0.340. The molecular weight excluding hydrogens is 237 g/mol. The molecule has 1 rings (SSSR count). The zero-order valence-corrected chi connectivity index (χ0v) is 8.70. The number of halogens is 1. The Morgan fingerprint density at radius 3 is 2.31 bits per heavy atom. The van der Waals surface area contributed by atoms with Crippen LogP contribution in [0.25, 0.3) is 0 Å². The lowest BCUT2D eigenvalue weighted by Gasteiger charge is -1.98. The van der Waals surface area contributed by atoms with Gasteiger partial charge in [0.05, 0.1) is 4.90 Å². The minimum absolute atomic E-state index is 0.145. The van der Waals surface area contributed by atoms with Crippen LogP contribution in [0.15, 0.2) is 34.2 Å². The highest BCUT2D eigenvalue weighted by Gasteiger charge is 2.12. The van der Waals surface area contributed by atoms with Crippen LogP contribution in [0, 0.1) is 0 Å². The average molecular weight is 243 g/mol. The topological polar surface area (TPSA) is 80.6 Å². The van der Waals surface area contributed by atoms with E-state index < -0.39 is 20.9 Å². The van der Waals surface area contributed by atoms with Gasteiger partial charge < -0.3 is 0 Å². The predicted molar refractivity (Wildman–Crippen MR) is 52.1 cm³/mol. The number of rotatable bonds is 4. The van der Waals surface area contributed by atoms with Crippen LogP contribution < -0.4 is 0 Å². The standard InChI is InChI=1S/C9H6FNO4S/c10-16(14,15)8-3-1-7(2-4-8)9(13)5-11-6-12/h1-4H,5H2. The minimum Gasteiger partial charge on any atom is -0.292 e. The molecule has 0 aliphatic heterocycles. The van der Waals surface area contributed by atoms with Gasteiger partial charge in [-0.2, -0.15) is 13.4 Å². The van der Waals surface area contributed by atoms with Gasteiger partial charge in [-0.05, 0) is 24.3 Å². The molecule has 1 aromatic carbocycles. The molecule has 0 radical (unpaired) electrons. The lowest BCUT2D eigenvalue weighted by molar-refractivity contribution is 0.100. The van der Waals surface area contributed by atoms with Crippen molar-refractivity contribution in [3.63, 3.8) is 0 Å². The molecule has 0 heterocycles. The maximum atomic E-state index is 12.5. The molecule has 0 saturated carbocycles. The smallest absolute Gasteiger partial charge is 0.292 e. The van der Waals surface area contributed by atoms with Crippen molar-refractivity contribution in [2.45, 2.75) is 4.90 Å². The molecule has 0 fully saturated rings. The van der Waals surface area contributed by atoms with E-state index in [1.807, 2.05) is 0 Å². The zero-order chi connectivity index (χ0) is 12.2. The Kier molecular flexibility index (Phi) is 3.65. The fourth-order valence-electron chi connectivity index (χ4n) is 0.999. The van der Waals surface area contributed by atoms with Crippen molar-refractivity contribution in [3.8, 4) is 0 Å². The molecule has 0 bridgehead atoms. The van der Waals surface area contributed by atoms with Crippen molar-refractivity contribution < 1.29 is 21.9 Å². The molecule has 5 nitrogen and oxygen atoms in total. The number of nitrogens with zero attached hydrogens (tertiary/aromatic N) is 1. The highest BCUT2D eigenvalue weighted by molar-refractivity contribution is 7.86. The summed E-state index contributed by atoms with van der Waals surface area (Å²) < 4.78 is 33.4. The molecule has 0 aliphatic carbocycles. The van der Waals surface area contributed by atoms with E-state index in [9.17, 15) is 21.9 Å². The SMILES string of the molecule is O=C=NCC(=O)c1ccc(S(=O)(=O)F)cc1. The number of ketones is 1. The van der Waals surface area contributed by atoms with Crippen LogP contribution in [0.4, 0.5) is 3.89 Å². The average Bonchev–Trinajstić information content (AvgIpc) is 2.25. The number of carbonyl (C=O) groups excluding carboxylic acids is 2. The summed E-state index contributed by atoms with van der Waals surface area (Å²) in [7, 11) is -4.76. The predicted octanol–water partition coefficient (Wildman–Crippen LogP) is 0.863. The third kappa shape index (κ3) is 3.08. The summed E-state index contributed by atoms with van der Waals surface area (Å²) in [6.07, 6.45) is 1.20. The molecule has 16 heavy (non-hydrogen) atoms. The van der Waals surface area contributed by atoms with Gasteiger partial charge in [-0.15, -0.1) is 3.89 Å². The number of Topliss-reactive ketones (excluding diaryl/α,β-unsaturated/α-hetero) is 1. The van der Waals surface area contributed by atoms with Gasteiger partial charge in [0.1, 0.15) is 6.54 Å². The maximum Gasteiger partial charge on any atom is 0.332 e. The molecule has 0 atom stereocenters. The lowest BCUT2D eigenvalue weighted by Crippen LogP contribution is -2.03. The largest absolute Gasteiger partial charge is 0.332 e. The minimum atomic E-state index is -4.76. The van der Waals surface area contributed by atoms with Crippen LogP contribution in [0.3, 0.4) is 0 Å². The summed E-state index contributed by atoms with van der Waals surface area (Å²) in [5.74, 6) is -0.480. The van der Waals surface area contributed by atoms with Crippen molar-refractivity contribution in [1.82, 2.24) is 0 Å². The van der Waals surface area contributed by atoms with Crippen molar-refractivity contribution in [1.29, 1.82) is 0 Å². The summed E-state index contributed by atoms with van der Waals surface area (Å²) in [6.45, 7) is -0.370. The van der Waals surface area contributed by atoms with Crippen molar-refractivity contribution in [2.75, 3.05) is 6.54 Å². The molecule has 0 amide bonds. The van der Waals surface area contributed by atoms with Crippen LogP contribution in [-0.4, -0.2) is 26.8 Å². The number of aliphatic imine (C=N–C) groups is 1. The van der Waals surface area contributed by atoms with Crippen LogP contribution in [0.1, 0.15) is 10.4 Å². The number of isocyanates is 1. The summed E-state index contributed by atoms with van der Waals surface area (Å²) >= 11 is 0. The molecule has 0 spiro atoms. The molecule has 0 unspecified atom stereocenters. The Labute approximate surface area is 90.8 Å². The number of carbonyl (C=O) groups is 1.